The number of allylic oxidation sites excluding steroid dienone is 3. The van der Waals surface area contributed by atoms with Gasteiger partial charge in [-0.3, -0.25) is 0 Å². The molecular formula is C8H10. The van der Waals surface area contributed by atoms with Gasteiger partial charge in [-0.2, -0.15) is 0 Å². The van der Waals surface area contributed by atoms with Crippen LogP contribution in [0.25, 0.3) is 0 Å². The van der Waals surface area contributed by atoms with Crippen molar-refractivity contribution in [3.63, 3.8) is 0 Å². The molecule has 0 aromatic carbocycles. The van der Waals surface area contributed by atoms with E-state index in [1.807, 2.05) is 0 Å². The molecule has 8 heavy (non-hydrogen) atoms. The first-order valence-electron chi connectivity index (χ1n) is 2.98. The zero-order chi connectivity index (χ0) is 5.82. The highest BCUT2D eigenvalue weighted by atomic mass is 13.9. The van der Waals surface area contributed by atoms with Crippen molar-refractivity contribution in [1.82, 2.24) is 0 Å². The predicted molar refractivity (Wildman–Crippen MR) is 35.6 cm³/mol. The van der Waals surface area contributed by atoms with Gasteiger partial charge < -0.3 is 0 Å². The molecule has 1 aliphatic rings. The summed E-state index contributed by atoms with van der Waals surface area (Å²) in [5.74, 6) is 0. The lowest BCUT2D eigenvalue weighted by Gasteiger charge is -1.78. The van der Waals surface area contributed by atoms with Gasteiger partial charge in [0.1, 0.15) is 0 Å². The summed E-state index contributed by atoms with van der Waals surface area (Å²) in [5, 5.41) is 0. The summed E-state index contributed by atoms with van der Waals surface area (Å²) in [7, 11) is 0. The fourth-order valence-electron chi connectivity index (χ4n) is 0.721. The summed E-state index contributed by atoms with van der Waals surface area (Å²) < 4.78 is 0. The molecule has 0 aromatic rings. The van der Waals surface area contributed by atoms with E-state index in [9.17, 15) is 0 Å². The van der Waals surface area contributed by atoms with Crippen LogP contribution in [0.2, 0.25) is 0 Å². The summed E-state index contributed by atoms with van der Waals surface area (Å²) >= 11 is 0. The van der Waals surface area contributed by atoms with E-state index in [0.717, 1.165) is 6.42 Å². The van der Waals surface area contributed by atoms with E-state index in [4.69, 9.17) is 0 Å². The van der Waals surface area contributed by atoms with Crippen molar-refractivity contribution in [1.29, 1.82) is 0 Å². The molecule has 0 saturated carbocycles. The minimum atomic E-state index is 1.15. The van der Waals surface area contributed by atoms with Crippen LogP contribution in [0.15, 0.2) is 29.5 Å². The maximum atomic E-state index is 3.15. The van der Waals surface area contributed by atoms with Crippen LogP contribution in [0.3, 0.4) is 0 Å². The Kier molecular flexibility index (Phi) is 1.71. The summed E-state index contributed by atoms with van der Waals surface area (Å²) in [4.78, 5) is 0. The van der Waals surface area contributed by atoms with E-state index >= 15 is 0 Å². The van der Waals surface area contributed by atoms with E-state index in [1.54, 1.807) is 0 Å². The van der Waals surface area contributed by atoms with Crippen LogP contribution < -0.4 is 0 Å². The molecule has 42 valence electrons. The van der Waals surface area contributed by atoms with Crippen molar-refractivity contribution in [2.45, 2.75) is 19.8 Å². The summed E-state index contributed by atoms with van der Waals surface area (Å²) in [6.07, 6.45) is 8.71. The first kappa shape index (κ1) is 5.40. The van der Waals surface area contributed by atoms with Gasteiger partial charge in [0.25, 0.3) is 0 Å². The molecule has 1 rings (SSSR count). The average molecular weight is 106 g/mol. The van der Waals surface area contributed by atoms with Crippen molar-refractivity contribution < 1.29 is 0 Å². The van der Waals surface area contributed by atoms with Gasteiger partial charge in [0, 0.05) is 0 Å². The molecule has 0 nitrogen and oxygen atoms in total. The van der Waals surface area contributed by atoms with Crippen LogP contribution >= 0.6 is 0 Å². The van der Waals surface area contributed by atoms with Crippen LogP contribution in [0.1, 0.15) is 19.8 Å². The van der Waals surface area contributed by atoms with Crippen molar-refractivity contribution in [2.75, 3.05) is 0 Å². The van der Waals surface area contributed by atoms with Crippen LogP contribution in [0, 0.1) is 0 Å². The molecule has 0 radical (unpaired) electrons. The van der Waals surface area contributed by atoms with Crippen molar-refractivity contribution in [3.8, 4) is 0 Å². The standard InChI is InChI=1S/C8H10/c1-8-6-4-2-3-5-7-8/h4-6H,2-3H2,1H3. The van der Waals surface area contributed by atoms with Crippen molar-refractivity contribution in [2.24, 2.45) is 0 Å². The third-order valence-corrected chi connectivity index (χ3v) is 1.18. The van der Waals surface area contributed by atoms with Gasteiger partial charge in [0.05, 0.1) is 0 Å². The van der Waals surface area contributed by atoms with Gasteiger partial charge in [0.15, 0.2) is 0 Å². The number of hydrogen-bond donors (Lipinski definition) is 0. The second-order valence-corrected chi connectivity index (χ2v) is 2.01. The average Bonchev–Trinajstić information content (AvgIpc) is 1.94. The molecule has 0 aromatic heterocycles. The molecule has 0 aliphatic heterocycles. The Labute approximate surface area is 50.2 Å². The first-order chi connectivity index (χ1) is 3.89. The first-order valence-corrected chi connectivity index (χ1v) is 2.98. The van der Waals surface area contributed by atoms with E-state index in [2.05, 4.69) is 30.9 Å². The molecule has 0 heteroatoms. The van der Waals surface area contributed by atoms with Crippen molar-refractivity contribution in [3.05, 3.63) is 29.5 Å². The van der Waals surface area contributed by atoms with Crippen LogP contribution in [0.4, 0.5) is 0 Å². The molecule has 0 amide bonds. The zero-order valence-corrected chi connectivity index (χ0v) is 5.15. The van der Waals surface area contributed by atoms with E-state index in [0.29, 0.717) is 0 Å². The Balaban J connectivity index is 2.80. The molecule has 0 atom stereocenters. The quantitative estimate of drug-likeness (QED) is 0.416. The Bertz CT molecular complexity index is 155. The topological polar surface area (TPSA) is 0 Å². The smallest absolute Gasteiger partial charge is 0.00979 e. The van der Waals surface area contributed by atoms with Gasteiger partial charge in [-0.05, 0) is 31.4 Å². The monoisotopic (exact) mass is 106 g/mol. The summed E-state index contributed by atoms with van der Waals surface area (Å²) in [5.41, 5.74) is 4.39. The molecule has 0 fully saturated rings. The largest absolute Gasteiger partial charge is 0.122 e. The molecule has 1 aliphatic carbocycles. The highest BCUT2D eigenvalue weighted by Gasteiger charge is 1.82. The van der Waals surface area contributed by atoms with Crippen LogP contribution in [-0.2, 0) is 0 Å². The molecule has 0 spiro atoms. The SMILES string of the molecule is CC1=C=CCCC=C1. The normalized spacial score (nSPS) is 17.9. The third kappa shape index (κ3) is 1.40. The van der Waals surface area contributed by atoms with E-state index in [-0.39, 0.29) is 0 Å². The summed E-state index contributed by atoms with van der Waals surface area (Å²) in [6.45, 7) is 2.07. The van der Waals surface area contributed by atoms with Gasteiger partial charge in [-0.25, -0.2) is 0 Å². The lowest BCUT2D eigenvalue weighted by atomic mass is 10.3. The number of rotatable bonds is 0. The van der Waals surface area contributed by atoms with Crippen LogP contribution in [-0.4, -0.2) is 0 Å². The Hall–Kier alpha value is -0.740. The Morgan fingerprint density at radius 2 is 2.38 bits per heavy atom. The fourth-order valence-corrected chi connectivity index (χ4v) is 0.721. The lowest BCUT2D eigenvalue weighted by Crippen LogP contribution is -1.59. The molecule has 0 unspecified atom stereocenters. The van der Waals surface area contributed by atoms with Crippen molar-refractivity contribution >= 4 is 0 Å². The van der Waals surface area contributed by atoms with Gasteiger partial charge in [-0.15, -0.1) is 5.73 Å². The highest BCUT2D eigenvalue weighted by Crippen LogP contribution is 2.01. The molecular weight excluding hydrogens is 96.1 g/mol. The third-order valence-electron chi connectivity index (χ3n) is 1.18. The second-order valence-electron chi connectivity index (χ2n) is 2.01. The zero-order valence-electron chi connectivity index (χ0n) is 5.15. The van der Waals surface area contributed by atoms with Gasteiger partial charge in [0.2, 0.25) is 0 Å². The van der Waals surface area contributed by atoms with Crippen LogP contribution in [0.5, 0.6) is 0 Å². The molecule has 0 bridgehead atoms. The maximum absolute atomic E-state index is 3.15. The lowest BCUT2D eigenvalue weighted by molar-refractivity contribution is 1.06. The fraction of sp³-hybridized carbons (Fsp3) is 0.375. The van der Waals surface area contributed by atoms with E-state index in [1.165, 1.54) is 12.0 Å². The van der Waals surface area contributed by atoms with Gasteiger partial charge >= 0.3 is 0 Å². The summed E-state index contributed by atoms with van der Waals surface area (Å²) in [6, 6.07) is 0. The minimum Gasteiger partial charge on any atom is -0.122 e. The highest BCUT2D eigenvalue weighted by molar-refractivity contribution is 5.17. The van der Waals surface area contributed by atoms with Gasteiger partial charge in [-0.1, -0.05) is 12.2 Å². The van der Waals surface area contributed by atoms with E-state index < -0.39 is 0 Å². The molecule has 0 N–H and O–H groups in total. The predicted octanol–water partition coefficient (Wildman–Crippen LogP) is 2.44. The number of hydrogen-bond acceptors (Lipinski definition) is 0. The maximum Gasteiger partial charge on any atom is -0.00979 e. The minimum absolute atomic E-state index is 1.15. The molecule has 0 saturated heterocycles. The molecule has 0 heterocycles. The second kappa shape index (κ2) is 2.54. The Morgan fingerprint density at radius 1 is 1.50 bits per heavy atom. The Morgan fingerprint density at radius 3 is 3.25 bits per heavy atom.